The molecule has 3 atom stereocenters. The fourth-order valence-corrected chi connectivity index (χ4v) is 5.18. The van der Waals surface area contributed by atoms with E-state index in [0.29, 0.717) is 12.3 Å². The van der Waals surface area contributed by atoms with Crippen molar-refractivity contribution in [3.8, 4) is 0 Å². The maximum absolute atomic E-state index is 13.2. The smallest absolute Gasteiger partial charge is 0.220 e. The third-order valence-electron chi connectivity index (χ3n) is 6.92. The van der Waals surface area contributed by atoms with Gasteiger partial charge in [-0.25, -0.2) is 9.38 Å². The highest BCUT2D eigenvalue weighted by Crippen LogP contribution is 2.55. The van der Waals surface area contributed by atoms with Gasteiger partial charge in [0.2, 0.25) is 5.91 Å². The van der Waals surface area contributed by atoms with Crippen LogP contribution in [0.4, 0.5) is 10.1 Å². The number of allylic oxidation sites excluding steroid dienone is 3. The molecular formula is C26H36FN3O. The van der Waals surface area contributed by atoms with Crippen LogP contribution in [0.15, 0.2) is 52.7 Å². The lowest BCUT2D eigenvalue weighted by Gasteiger charge is -2.39. The summed E-state index contributed by atoms with van der Waals surface area (Å²) in [6, 6.07) is 6.46. The second-order valence-electron chi connectivity index (χ2n) is 9.20. The summed E-state index contributed by atoms with van der Waals surface area (Å²) in [6.07, 6.45) is 11.4. The van der Waals surface area contributed by atoms with Crippen LogP contribution in [-0.2, 0) is 4.79 Å². The molecule has 5 heteroatoms. The number of nitrogens with one attached hydrogen (secondary N) is 1. The molecule has 1 aromatic carbocycles. The Kier molecular flexibility index (Phi) is 7.69. The van der Waals surface area contributed by atoms with Crippen LogP contribution in [0.2, 0.25) is 0 Å². The van der Waals surface area contributed by atoms with E-state index in [-0.39, 0.29) is 23.2 Å². The van der Waals surface area contributed by atoms with Crippen molar-refractivity contribution in [2.45, 2.75) is 78.2 Å². The highest BCUT2D eigenvalue weighted by Gasteiger charge is 2.46. The summed E-state index contributed by atoms with van der Waals surface area (Å²) in [6.45, 7) is 6.55. The first-order valence-electron chi connectivity index (χ1n) is 11.6. The fourth-order valence-electron chi connectivity index (χ4n) is 5.18. The molecule has 31 heavy (non-hydrogen) atoms. The van der Waals surface area contributed by atoms with Crippen molar-refractivity contribution in [3.05, 3.63) is 53.5 Å². The predicted octanol–water partition coefficient (Wildman–Crippen LogP) is 5.96. The van der Waals surface area contributed by atoms with Crippen LogP contribution >= 0.6 is 0 Å². The number of aliphatic imine (C=N–C) groups is 1. The Labute approximate surface area is 185 Å². The zero-order valence-corrected chi connectivity index (χ0v) is 19.1. The predicted molar refractivity (Wildman–Crippen MR) is 126 cm³/mol. The van der Waals surface area contributed by atoms with E-state index in [9.17, 15) is 9.18 Å². The van der Waals surface area contributed by atoms with Crippen LogP contribution in [0, 0.1) is 17.2 Å². The Bertz CT molecular complexity index is 871. The normalized spacial score (nSPS) is 26.6. The first-order chi connectivity index (χ1) is 14.9. The van der Waals surface area contributed by atoms with Gasteiger partial charge in [-0.05, 0) is 92.0 Å². The molecule has 1 aromatic rings. The molecule has 1 unspecified atom stereocenters. The van der Waals surface area contributed by atoms with Crippen LogP contribution in [0.1, 0.15) is 72.1 Å². The van der Waals surface area contributed by atoms with Crippen LogP contribution in [0.5, 0.6) is 0 Å². The molecule has 2 aliphatic carbocycles. The maximum atomic E-state index is 13.2. The second-order valence-corrected chi connectivity index (χ2v) is 9.20. The molecule has 0 bridgehead atoms. The molecule has 0 spiro atoms. The van der Waals surface area contributed by atoms with Crippen molar-refractivity contribution < 1.29 is 9.18 Å². The van der Waals surface area contributed by atoms with E-state index >= 15 is 0 Å². The first kappa shape index (κ1) is 23.2. The van der Waals surface area contributed by atoms with E-state index in [1.54, 1.807) is 18.3 Å². The third kappa shape index (κ3) is 5.44. The topological polar surface area (TPSA) is 67.5 Å². The van der Waals surface area contributed by atoms with E-state index in [1.807, 2.05) is 6.92 Å². The second kappa shape index (κ2) is 10.3. The van der Waals surface area contributed by atoms with Crippen molar-refractivity contribution in [3.63, 3.8) is 0 Å². The highest BCUT2D eigenvalue weighted by atomic mass is 19.1. The summed E-state index contributed by atoms with van der Waals surface area (Å²) >= 11 is 0. The zero-order valence-electron chi connectivity index (χ0n) is 19.1. The van der Waals surface area contributed by atoms with Crippen LogP contribution < -0.4 is 11.1 Å². The van der Waals surface area contributed by atoms with Gasteiger partial charge in [-0.2, -0.15) is 0 Å². The van der Waals surface area contributed by atoms with Crippen molar-refractivity contribution in [1.29, 1.82) is 0 Å². The van der Waals surface area contributed by atoms with Gasteiger partial charge in [0.05, 0.1) is 11.4 Å². The molecule has 4 nitrogen and oxygen atoms in total. The molecule has 3 N–H and O–H groups in total. The van der Waals surface area contributed by atoms with E-state index in [1.165, 1.54) is 17.7 Å². The van der Waals surface area contributed by atoms with Gasteiger partial charge in [-0.15, -0.1) is 0 Å². The molecule has 0 aromatic heterocycles. The molecule has 0 aliphatic heterocycles. The van der Waals surface area contributed by atoms with Gasteiger partial charge >= 0.3 is 0 Å². The number of fused-ring (bicyclic) bond motifs is 1. The number of carbonyl (C=O) groups excluding carboxylic acids is 1. The van der Waals surface area contributed by atoms with Crippen molar-refractivity contribution >= 4 is 17.3 Å². The van der Waals surface area contributed by atoms with E-state index in [4.69, 9.17) is 10.7 Å². The van der Waals surface area contributed by atoms with Gasteiger partial charge in [0, 0.05) is 12.5 Å². The molecule has 0 radical (unpaired) electrons. The fraction of sp³-hybridized carbons (Fsp3) is 0.538. The SMILES string of the molecule is CCCC(=O)NC(CCC)C[C@H]1CCC2=CC(=Nc3ccc(F)cc3)C(=CN)C[C@@]21C. The number of hydrogen-bond donors (Lipinski definition) is 2. The number of hydrogen-bond acceptors (Lipinski definition) is 3. The number of amides is 1. The maximum Gasteiger partial charge on any atom is 0.220 e. The number of nitrogens with two attached hydrogens (primary N) is 1. The van der Waals surface area contributed by atoms with Crippen molar-refractivity contribution in [1.82, 2.24) is 5.32 Å². The van der Waals surface area contributed by atoms with Gasteiger partial charge < -0.3 is 11.1 Å². The first-order valence-corrected chi connectivity index (χ1v) is 11.6. The molecule has 1 fully saturated rings. The third-order valence-corrected chi connectivity index (χ3v) is 6.92. The van der Waals surface area contributed by atoms with E-state index in [2.05, 4.69) is 25.2 Å². The van der Waals surface area contributed by atoms with Gasteiger partial charge in [0.25, 0.3) is 0 Å². The number of carbonyl (C=O) groups is 1. The van der Waals surface area contributed by atoms with Gasteiger partial charge in [-0.1, -0.05) is 32.8 Å². The standard InChI is InChI=1S/C26H36FN3O/c1-4-6-23(30-25(31)7-5-2)14-19-8-9-20-15-24(18(17-28)16-26(19,20)3)29-22-12-10-21(27)11-13-22/h10-13,15,17,19,23H,4-9,14,16,28H2,1-3H3,(H,30,31)/t19-,23?,26-/m1/s1. The Morgan fingerprint density at radius 1 is 1.32 bits per heavy atom. The lowest BCUT2D eigenvalue weighted by atomic mass is 9.67. The largest absolute Gasteiger partial charge is 0.404 e. The summed E-state index contributed by atoms with van der Waals surface area (Å²) in [4.78, 5) is 17.0. The number of rotatable bonds is 8. The van der Waals surface area contributed by atoms with Crippen molar-refractivity contribution in [2.24, 2.45) is 22.1 Å². The Balaban J connectivity index is 1.81. The molecule has 0 saturated heterocycles. The van der Waals surface area contributed by atoms with E-state index < -0.39 is 0 Å². The summed E-state index contributed by atoms with van der Waals surface area (Å²) in [7, 11) is 0. The minimum Gasteiger partial charge on any atom is -0.404 e. The number of halogens is 1. The van der Waals surface area contributed by atoms with Crippen LogP contribution in [0.25, 0.3) is 0 Å². The molecular weight excluding hydrogens is 389 g/mol. The molecule has 1 saturated carbocycles. The van der Waals surface area contributed by atoms with Gasteiger partial charge in [-0.3, -0.25) is 4.79 Å². The van der Waals surface area contributed by atoms with Crippen LogP contribution in [-0.4, -0.2) is 17.7 Å². The summed E-state index contributed by atoms with van der Waals surface area (Å²) in [5, 5.41) is 3.28. The minimum absolute atomic E-state index is 0.0362. The molecule has 3 rings (SSSR count). The molecule has 168 valence electrons. The van der Waals surface area contributed by atoms with Gasteiger partial charge in [0.15, 0.2) is 0 Å². The summed E-state index contributed by atoms with van der Waals surface area (Å²) < 4.78 is 13.2. The number of nitrogens with zero attached hydrogens (tertiary/aromatic N) is 1. The summed E-state index contributed by atoms with van der Waals surface area (Å²) in [5.74, 6) is 0.402. The van der Waals surface area contributed by atoms with E-state index in [0.717, 1.165) is 61.9 Å². The number of benzene rings is 1. The van der Waals surface area contributed by atoms with Crippen molar-refractivity contribution in [2.75, 3.05) is 0 Å². The lowest BCUT2D eigenvalue weighted by Crippen LogP contribution is -2.39. The molecule has 1 amide bonds. The van der Waals surface area contributed by atoms with Crippen LogP contribution in [0.3, 0.4) is 0 Å². The lowest BCUT2D eigenvalue weighted by molar-refractivity contribution is -0.122. The summed E-state index contributed by atoms with van der Waals surface area (Å²) in [5.41, 5.74) is 10.1. The monoisotopic (exact) mass is 425 g/mol. The minimum atomic E-state index is -0.264. The Morgan fingerprint density at radius 2 is 2.06 bits per heavy atom. The Hall–Kier alpha value is -2.43. The van der Waals surface area contributed by atoms with Gasteiger partial charge in [0.1, 0.15) is 5.82 Å². The Morgan fingerprint density at radius 3 is 2.71 bits per heavy atom. The average Bonchev–Trinajstić information content (AvgIpc) is 3.04. The highest BCUT2D eigenvalue weighted by molar-refractivity contribution is 6.11. The quantitative estimate of drug-likeness (QED) is 0.539. The zero-order chi connectivity index (χ0) is 22.4. The molecule has 0 heterocycles. The molecule has 2 aliphatic rings. The average molecular weight is 426 g/mol.